The molecule has 0 aliphatic heterocycles. The lowest BCUT2D eigenvalue weighted by molar-refractivity contribution is -0.126. The van der Waals surface area contributed by atoms with E-state index in [4.69, 9.17) is 4.74 Å². The fourth-order valence-corrected chi connectivity index (χ4v) is 3.10. The molecule has 2 aromatic carbocycles. The van der Waals surface area contributed by atoms with Crippen LogP contribution < -0.4 is 15.6 Å². The molecule has 0 atom stereocenters. The maximum absolute atomic E-state index is 12.2. The largest absolute Gasteiger partial charge is 0.489 e. The van der Waals surface area contributed by atoms with Gasteiger partial charge in [-0.1, -0.05) is 49.6 Å². The molecule has 5 nitrogen and oxygen atoms in total. The zero-order valence-corrected chi connectivity index (χ0v) is 14.7. The molecule has 0 aromatic heterocycles. The Morgan fingerprint density at radius 1 is 0.885 bits per heavy atom. The molecule has 26 heavy (non-hydrogen) atoms. The number of carbonyl (C=O) groups is 2. The van der Waals surface area contributed by atoms with Crippen molar-refractivity contribution in [1.82, 2.24) is 10.9 Å². The van der Waals surface area contributed by atoms with Crippen LogP contribution in [0.25, 0.3) is 0 Å². The summed E-state index contributed by atoms with van der Waals surface area (Å²) in [7, 11) is 0. The number of hydrogen-bond acceptors (Lipinski definition) is 3. The normalized spacial score (nSPS) is 14.5. The minimum atomic E-state index is -0.330. The summed E-state index contributed by atoms with van der Waals surface area (Å²) in [5.74, 6) is 0.277. The summed E-state index contributed by atoms with van der Waals surface area (Å²) in [6.45, 7) is 0.476. The lowest BCUT2D eigenvalue weighted by Gasteiger charge is -2.20. The number of rotatable bonds is 5. The van der Waals surface area contributed by atoms with Gasteiger partial charge in [0.2, 0.25) is 5.91 Å². The summed E-state index contributed by atoms with van der Waals surface area (Å²) in [4.78, 5) is 24.2. The van der Waals surface area contributed by atoms with Gasteiger partial charge in [0.25, 0.3) is 5.91 Å². The van der Waals surface area contributed by atoms with Crippen LogP contribution in [-0.2, 0) is 11.4 Å². The van der Waals surface area contributed by atoms with E-state index < -0.39 is 0 Å². The van der Waals surface area contributed by atoms with Crippen molar-refractivity contribution in [3.8, 4) is 5.75 Å². The summed E-state index contributed by atoms with van der Waals surface area (Å²) in [6, 6.07) is 16.8. The van der Waals surface area contributed by atoms with E-state index in [1.165, 1.54) is 6.42 Å². The molecule has 0 radical (unpaired) electrons. The first kappa shape index (κ1) is 18.0. The van der Waals surface area contributed by atoms with Crippen molar-refractivity contribution < 1.29 is 14.3 Å². The molecule has 1 aliphatic rings. The van der Waals surface area contributed by atoms with E-state index in [2.05, 4.69) is 10.9 Å². The Labute approximate surface area is 153 Å². The second-order valence-electron chi connectivity index (χ2n) is 6.58. The molecular weight excluding hydrogens is 328 g/mol. The van der Waals surface area contributed by atoms with E-state index >= 15 is 0 Å². The Morgan fingerprint density at radius 3 is 2.27 bits per heavy atom. The number of amides is 2. The van der Waals surface area contributed by atoms with Crippen molar-refractivity contribution >= 4 is 11.8 Å². The first-order valence-corrected chi connectivity index (χ1v) is 9.09. The second-order valence-corrected chi connectivity index (χ2v) is 6.58. The number of carbonyl (C=O) groups excluding carboxylic acids is 2. The standard InChI is InChI=1S/C21H24N2O3/c24-20(17-9-5-2-6-10-17)22-23-21(25)18-11-13-19(14-12-18)26-15-16-7-3-1-4-8-16/h1,3-4,7-8,11-14,17H,2,5-6,9-10,15H2,(H,22,24)(H,23,25). The van der Waals surface area contributed by atoms with Crippen molar-refractivity contribution in [3.05, 3.63) is 65.7 Å². The lowest BCUT2D eigenvalue weighted by Crippen LogP contribution is -2.44. The third kappa shape index (κ3) is 5.09. The molecule has 2 amide bonds. The number of ether oxygens (including phenoxy) is 1. The van der Waals surface area contributed by atoms with Crippen molar-refractivity contribution in [2.24, 2.45) is 5.92 Å². The molecule has 3 rings (SSSR count). The van der Waals surface area contributed by atoms with Crippen LogP contribution in [-0.4, -0.2) is 11.8 Å². The van der Waals surface area contributed by atoms with E-state index in [1.54, 1.807) is 24.3 Å². The monoisotopic (exact) mass is 352 g/mol. The average molecular weight is 352 g/mol. The van der Waals surface area contributed by atoms with E-state index in [-0.39, 0.29) is 17.7 Å². The Balaban J connectivity index is 1.46. The summed E-state index contributed by atoms with van der Waals surface area (Å²) < 4.78 is 5.70. The minimum absolute atomic E-state index is 0.0119. The van der Waals surface area contributed by atoms with Crippen LogP contribution in [0.2, 0.25) is 0 Å². The molecule has 0 saturated heterocycles. The summed E-state index contributed by atoms with van der Waals surface area (Å²) in [6.07, 6.45) is 5.14. The van der Waals surface area contributed by atoms with E-state index in [1.807, 2.05) is 30.3 Å². The Bertz CT molecular complexity index is 723. The van der Waals surface area contributed by atoms with Crippen LogP contribution in [0, 0.1) is 5.92 Å². The predicted molar refractivity (Wildman–Crippen MR) is 99.4 cm³/mol. The topological polar surface area (TPSA) is 67.4 Å². The summed E-state index contributed by atoms with van der Waals surface area (Å²) in [5.41, 5.74) is 6.59. The first-order valence-electron chi connectivity index (χ1n) is 9.09. The van der Waals surface area contributed by atoms with Gasteiger partial charge < -0.3 is 4.74 Å². The molecule has 2 aromatic rings. The van der Waals surface area contributed by atoms with Gasteiger partial charge in [0, 0.05) is 11.5 Å². The molecule has 1 aliphatic carbocycles. The lowest BCUT2D eigenvalue weighted by atomic mass is 9.89. The van der Waals surface area contributed by atoms with Gasteiger partial charge in [-0.2, -0.15) is 0 Å². The smallest absolute Gasteiger partial charge is 0.269 e. The van der Waals surface area contributed by atoms with Crippen molar-refractivity contribution in [2.75, 3.05) is 0 Å². The molecule has 136 valence electrons. The Kier molecular flexibility index (Phi) is 6.25. The van der Waals surface area contributed by atoms with Crippen LogP contribution >= 0.6 is 0 Å². The molecule has 1 saturated carbocycles. The van der Waals surface area contributed by atoms with E-state index in [0.717, 1.165) is 31.2 Å². The highest BCUT2D eigenvalue weighted by Crippen LogP contribution is 2.23. The second kappa shape index (κ2) is 9.04. The van der Waals surface area contributed by atoms with Crippen LogP contribution in [0.4, 0.5) is 0 Å². The van der Waals surface area contributed by atoms with Crippen molar-refractivity contribution in [2.45, 2.75) is 38.7 Å². The number of benzene rings is 2. The molecular formula is C21H24N2O3. The highest BCUT2D eigenvalue weighted by atomic mass is 16.5. The average Bonchev–Trinajstić information content (AvgIpc) is 2.72. The van der Waals surface area contributed by atoms with Crippen LogP contribution in [0.5, 0.6) is 5.75 Å². The maximum Gasteiger partial charge on any atom is 0.269 e. The van der Waals surface area contributed by atoms with Crippen molar-refractivity contribution in [1.29, 1.82) is 0 Å². The van der Waals surface area contributed by atoms with Crippen LogP contribution in [0.1, 0.15) is 48.0 Å². The molecule has 2 N–H and O–H groups in total. The van der Waals surface area contributed by atoms with Crippen LogP contribution in [0.3, 0.4) is 0 Å². The van der Waals surface area contributed by atoms with Gasteiger partial charge in [-0.25, -0.2) is 0 Å². The molecule has 0 unspecified atom stereocenters. The fourth-order valence-electron chi connectivity index (χ4n) is 3.10. The van der Waals surface area contributed by atoms with Gasteiger partial charge >= 0.3 is 0 Å². The van der Waals surface area contributed by atoms with Gasteiger partial charge in [0.1, 0.15) is 12.4 Å². The van der Waals surface area contributed by atoms with Gasteiger partial charge in [-0.05, 0) is 42.7 Å². The molecule has 0 bridgehead atoms. The van der Waals surface area contributed by atoms with Crippen molar-refractivity contribution in [3.63, 3.8) is 0 Å². The highest BCUT2D eigenvalue weighted by Gasteiger charge is 2.21. The maximum atomic E-state index is 12.2. The molecule has 5 heteroatoms. The molecule has 0 heterocycles. The SMILES string of the molecule is O=C(NNC(=O)C1CCCCC1)c1ccc(OCc2ccccc2)cc1. The highest BCUT2D eigenvalue weighted by molar-refractivity contribution is 5.95. The van der Waals surface area contributed by atoms with Crippen LogP contribution in [0.15, 0.2) is 54.6 Å². The molecule has 1 fully saturated rings. The number of hydrogen-bond donors (Lipinski definition) is 2. The Hall–Kier alpha value is -2.82. The fraction of sp³-hybridized carbons (Fsp3) is 0.333. The van der Waals surface area contributed by atoms with Gasteiger partial charge in [-0.3, -0.25) is 20.4 Å². The molecule has 0 spiro atoms. The summed E-state index contributed by atoms with van der Waals surface area (Å²) >= 11 is 0. The van der Waals surface area contributed by atoms with Gasteiger partial charge in [-0.15, -0.1) is 0 Å². The van der Waals surface area contributed by atoms with E-state index in [0.29, 0.717) is 17.9 Å². The van der Waals surface area contributed by atoms with Gasteiger partial charge in [0.05, 0.1) is 0 Å². The van der Waals surface area contributed by atoms with E-state index in [9.17, 15) is 9.59 Å². The van der Waals surface area contributed by atoms with Gasteiger partial charge in [0.15, 0.2) is 0 Å². The minimum Gasteiger partial charge on any atom is -0.489 e. The number of hydrazine groups is 1. The number of nitrogens with one attached hydrogen (secondary N) is 2. The zero-order valence-electron chi connectivity index (χ0n) is 14.7. The predicted octanol–water partition coefficient (Wildman–Crippen LogP) is 3.61. The summed E-state index contributed by atoms with van der Waals surface area (Å²) in [5, 5.41) is 0. The third-order valence-corrected chi connectivity index (χ3v) is 4.64. The first-order chi connectivity index (χ1) is 12.7. The quantitative estimate of drug-likeness (QED) is 0.808. The zero-order chi connectivity index (χ0) is 18.2. The Morgan fingerprint density at radius 2 is 1.58 bits per heavy atom. The third-order valence-electron chi connectivity index (χ3n) is 4.64.